The van der Waals surface area contributed by atoms with Crippen LogP contribution in [0.1, 0.15) is 5.56 Å². The Kier molecular flexibility index (Phi) is 3.41. The van der Waals surface area contributed by atoms with Crippen molar-refractivity contribution in [2.75, 3.05) is 5.23 Å². The summed E-state index contributed by atoms with van der Waals surface area (Å²) < 4.78 is 2.75. The molecule has 2 heterocycles. The summed E-state index contributed by atoms with van der Waals surface area (Å²) in [6.07, 6.45) is 4.01. The summed E-state index contributed by atoms with van der Waals surface area (Å²) in [5.41, 5.74) is 4.47. The molecule has 0 fully saturated rings. The van der Waals surface area contributed by atoms with E-state index in [-0.39, 0.29) is 10.9 Å². The number of pyridine rings is 1. The molecule has 102 valence electrons. The highest BCUT2D eigenvalue weighted by Gasteiger charge is 2.06. The smallest absolute Gasteiger partial charge is 0.0648 e. The topological polar surface area (TPSA) is 50.9 Å². The number of aryl methyl sites for hydroxylation is 1. The van der Waals surface area contributed by atoms with Gasteiger partial charge in [0.25, 0.3) is 0 Å². The van der Waals surface area contributed by atoms with Gasteiger partial charge in [0.15, 0.2) is 0 Å². The van der Waals surface area contributed by atoms with E-state index in [0.717, 1.165) is 16.6 Å². The Balaban J connectivity index is 2.13. The lowest BCUT2D eigenvalue weighted by Crippen LogP contribution is -2.08. The molecule has 3 aromatic rings. The molecule has 0 saturated carbocycles. The van der Waals surface area contributed by atoms with E-state index in [0.29, 0.717) is 3.57 Å². The van der Waals surface area contributed by atoms with Gasteiger partial charge in [-0.1, -0.05) is 6.07 Å². The first-order valence-corrected chi connectivity index (χ1v) is 7.17. The molecule has 5 heteroatoms. The molecule has 0 aliphatic carbocycles. The minimum absolute atomic E-state index is 0.0920. The number of halogens is 1. The van der Waals surface area contributed by atoms with Crippen LogP contribution < -0.4 is 5.23 Å². The molecule has 4 nitrogen and oxygen atoms in total. The van der Waals surface area contributed by atoms with Crippen molar-refractivity contribution in [1.82, 2.24) is 4.40 Å². The van der Waals surface area contributed by atoms with Crippen molar-refractivity contribution in [2.45, 2.75) is 6.92 Å². The van der Waals surface area contributed by atoms with Gasteiger partial charge in [-0.25, -0.2) is 0 Å². The summed E-state index contributed by atoms with van der Waals surface area (Å²) in [5.74, 6) is 0. The SMILES string of the molecule is Cc1ccn2cc(-c3ccc(I)c(N([O-])O)c3)cc2c1. The zero-order valence-corrected chi connectivity index (χ0v) is 12.9. The van der Waals surface area contributed by atoms with E-state index in [9.17, 15) is 5.21 Å². The Hall–Kier alpha value is -1.57. The fourth-order valence-electron chi connectivity index (χ4n) is 2.22. The molecular weight excluding hydrogens is 367 g/mol. The Morgan fingerprint density at radius 1 is 1.15 bits per heavy atom. The second kappa shape index (κ2) is 5.08. The van der Waals surface area contributed by atoms with Crippen LogP contribution in [0.2, 0.25) is 0 Å². The van der Waals surface area contributed by atoms with Gasteiger partial charge in [0.2, 0.25) is 0 Å². The highest BCUT2D eigenvalue weighted by Crippen LogP contribution is 2.29. The third kappa shape index (κ3) is 2.39. The zero-order valence-electron chi connectivity index (χ0n) is 10.7. The van der Waals surface area contributed by atoms with Gasteiger partial charge in [0, 0.05) is 27.0 Å². The average Bonchev–Trinajstić information content (AvgIpc) is 2.81. The van der Waals surface area contributed by atoms with E-state index < -0.39 is 0 Å². The van der Waals surface area contributed by atoms with E-state index in [1.165, 1.54) is 5.56 Å². The minimum atomic E-state index is -0.0920. The van der Waals surface area contributed by atoms with Gasteiger partial charge in [0.1, 0.15) is 0 Å². The summed E-state index contributed by atoms with van der Waals surface area (Å²) in [6, 6.07) is 11.7. The molecule has 0 aliphatic rings. The Morgan fingerprint density at radius 3 is 2.70 bits per heavy atom. The summed E-state index contributed by atoms with van der Waals surface area (Å²) in [7, 11) is 0. The van der Waals surface area contributed by atoms with Gasteiger partial charge >= 0.3 is 0 Å². The molecule has 0 amide bonds. The van der Waals surface area contributed by atoms with Gasteiger partial charge in [-0.3, -0.25) is 5.21 Å². The lowest BCUT2D eigenvalue weighted by atomic mass is 10.1. The first-order valence-electron chi connectivity index (χ1n) is 6.09. The van der Waals surface area contributed by atoms with Gasteiger partial charge in [-0.05, 0) is 71.0 Å². The highest BCUT2D eigenvalue weighted by molar-refractivity contribution is 14.1. The zero-order chi connectivity index (χ0) is 14.3. The molecule has 0 spiro atoms. The third-order valence-corrected chi connectivity index (χ3v) is 4.15. The minimum Gasteiger partial charge on any atom is -0.733 e. The standard InChI is InChI=1S/C15H12IN2O2/c1-10-4-5-17-9-12(7-13(17)6-10)11-2-3-14(16)15(8-11)18(19)20/h2-9,19H,1H3/q-1. The van der Waals surface area contributed by atoms with E-state index in [1.54, 1.807) is 6.07 Å². The summed E-state index contributed by atoms with van der Waals surface area (Å²) in [5, 5.41) is 20.2. The Labute approximate surface area is 129 Å². The van der Waals surface area contributed by atoms with E-state index in [1.807, 2.05) is 57.6 Å². The summed E-state index contributed by atoms with van der Waals surface area (Å²) in [4.78, 5) is 0. The number of anilines is 1. The molecule has 0 saturated heterocycles. The number of hydrogen-bond acceptors (Lipinski definition) is 3. The first-order chi connectivity index (χ1) is 9.54. The van der Waals surface area contributed by atoms with Crippen LogP contribution in [0.3, 0.4) is 0 Å². The van der Waals surface area contributed by atoms with Gasteiger partial charge < -0.3 is 14.8 Å². The molecule has 0 unspecified atom stereocenters. The highest BCUT2D eigenvalue weighted by atomic mass is 127. The molecule has 1 aromatic carbocycles. The maximum absolute atomic E-state index is 11.1. The number of hydrogen-bond donors (Lipinski definition) is 1. The molecule has 20 heavy (non-hydrogen) atoms. The van der Waals surface area contributed by atoms with Crippen molar-refractivity contribution < 1.29 is 5.21 Å². The molecule has 2 aromatic heterocycles. The van der Waals surface area contributed by atoms with Crippen LogP contribution in [0.5, 0.6) is 0 Å². The molecule has 0 bridgehead atoms. The Bertz CT molecular complexity index is 781. The van der Waals surface area contributed by atoms with Crippen LogP contribution in [0.4, 0.5) is 5.69 Å². The molecule has 3 rings (SSSR count). The fraction of sp³-hybridized carbons (Fsp3) is 0.0667. The number of benzene rings is 1. The molecule has 0 radical (unpaired) electrons. The monoisotopic (exact) mass is 379 g/mol. The van der Waals surface area contributed by atoms with E-state index in [4.69, 9.17) is 5.21 Å². The van der Waals surface area contributed by atoms with Crippen molar-refractivity contribution in [3.8, 4) is 11.1 Å². The van der Waals surface area contributed by atoms with E-state index >= 15 is 0 Å². The van der Waals surface area contributed by atoms with Crippen molar-refractivity contribution in [1.29, 1.82) is 0 Å². The third-order valence-electron chi connectivity index (χ3n) is 3.24. The predicted molar refractivity (Wildman–Crippen MR) is 87.9 cm³/mol. The molecular formula is C15H12IN2O2-. The fourth-order valence-corrected chi connectivity index (χ4v) is 2.76. The van der Waals surface area contributed by atoms with Crippen LogP contribution in [0, 0.1) is 15.7 Å². The van der Waals surface area contributed by atoms with Crippen molar-refractivity contribution in [2.24, 2.45) is 0 Å². The Morgan fingerprint density at radius 2 is 1.95 bits per heavy atom. The number of fused-ring (bicyclic) bond motifs is 1. The van der Waals surface area contributed by atoms with Gasteiger partial charge in [-0.15, -0.1) is 0 Å². The normalized spacial score (nSPS) is 11.0. The number of aromatic nitrogens is 1. The summed E-state index contributed by atoms with van der Waals surface area (Å²) in [6.45, 7) is 2.05. The quantitative estimate of drug-likeness (QED) is 0.536. The van der Waals surface area contributed by atoms with Crippen molar-refractivity contribution in [3.63, 3.8) is 0 Å². The predicted octanol–water partition coefficient (Wildman–Crippen LogP) is 4.21. The van der Waals surface area contributed by atoms with Crippen LogP contribution in [0.25, 0.3) is 16.6 Å². The average molecular weight is 379 g/mol. The first kappa shape index (κ1) is 13.4. The molecule has 0 aliphatic heterocycles. The summed E-state index contributed by atoms with van der Waals surface area (Å²) >= 11 is 2.02. The maximum atomic E-state index is 11.1. The number of nitrogens with zero attached hydrogens (tertiary/aromatic N) is 2. The lowest BCUT2D eigenvalue weighted by molar-refractivity contribution is 0.296. The molecule has 0 atom stereocenters. The van der Waals surface area contributed by atoms with Crippen LogP contribution in [-0.2, 0) is 0 Å². The van der Waals surface area contributed by atoms with Crippen LogP contribution in [0.15, 0.2) is 48.8 Å². The van der Waals surface area contributed by atoms with Crippen LogP contribution >= 0.6 is 22.6 Å². The lowest BCUT2D eigenvalue weighted by Gasteiger charge is -2.23. The maximum Gasteiger partial charge on any atom is 0.0648 e. The number of rotatable bonds is 2. The second-order valence-corrected chi connectivity index (χ2v) is 5.87. The van der Waals surface area contributed by atoms with E-state index in [2.05, 4.69) is 19.1 Å². The van der Waals surface area contributed by atoms with Gasteiger partial charge in [-0.2, -0.15) is 0 Å². The largest absolute Gasteiger partial charge is 0.733 e. The second-order valence-electron chi connectivity index (χ2n) is 4.70. The van der Waals surface area contributed by atoms with Crippen LogP contribution in [-0.4, -0.2) is 9.61 Å². The van der Waals surface area contributed by atoms with Crippen molar-refractivity contribution >= 4 is 33.8 Å². The van der Waals surface area contributed by atoms with Gasteiger partial charge in [0.05, 0.1) is 5.69 Å². The van der Waals surface area contributed by atoms with Crippen molar-refractivity contribution in [3.05, 3.63) is 63.1 Å². The molecule has 1 N–H and O–H groups in total.